The first kappa shape index (κ1) is 23.3. The van der Waals surface area contributed by atoms with Crippen molar-refractivity contribution in [3.05, 3.63) is 75.3 Å². The molecule has 172 valence electrons. The molecular weight excluding hydrogens is 456 g/mol. The Balaban J connectivity index is 1.34. The fraction of sp³-hybridized carbons (Fsp3) is 0.320. The number of rotatable bonds is 6. The van der Waals surface area contributed by atoms with Crippen LogP contribution in [-0.2, 0) is 6.54 Å². The van der Waals surface area contributed by atoms with Crippen LogP contribution in [0.3, 0.4) is 0 Å². The van der Waals surface area contributed by atoms with Crippen molar-refractivity contribution < 1.29 is 9.59 Å². The number of aryl methyl sites for hydroxylation is 1. The average Bonchev–Trinajstić information content (AvgIpc) is 3.18. The number of piperidine rings is 1. The van der Waals surface area contributed by atoms with Gasteiger partial charge in [0.05, 0.1) is 20.5 Å². The smallest absolute Gasteiger partial charge is 0.261 e. The normalized spacial score (nSPS) is 14.2. The molecule has 1 fully saturated rings. The number of halogens is 1. The monoisotopic (exact) mass is 482 g/mol. The fourth-order valence-corrected chi connectivity index (χ4v) is 5.01. The number of benzene rings is 1. The van der Waals surface area contributed by atoms with Crippen LogP contribution in [-0.4, -0.2) is 29.9 Å². The maximum atomic E-state index is 12.7. The molecule has 0 spiro atoms. The van der Waals surface area contributed by atoms with Crippen molar-refractivity contribution in [3.63, 3.8) is 0 Å². The Bertz CT molecular complexity index is 1140. The molecule has 0 unspecified atom stereocenters. The third-order valence-corrected chi connectivity index (χ3v) is 7.33. The molecule has 4 rings (SSSR count). The van der Waals surface area contributed by atoms with Gasteiger partial charge in [-0.3, -0.25) is 9.59 Å². The van der Waals surface area contributed by atoms with Crippen LogP contribution in [0.4, 0.5) is 10.8 Å². The van der Waals surface area contributed by atoms with E-state index in [2.05, 4.69) is 27.4 Å². The van der Waals surface area contributed by atoms with Gasteiger partial charge in [-0.1, -0.05) is 36.7 Å². The average molecular weight is 483 g/mol. The summed E-state index contributed by atoms with van der Waals surface area (Å²) in [4.78, 5) is 32.7. The molecule has 8 heteroatoms. The van der Waals surface area contributed by atoms with Crippen molar-refractivity contribution in [2.45, 2.75) is 33.2 Å². The SMILES string of the molecule is Cc1cc(NC(=O)c2ccccc2Cl)sc1C(=O)NCc1ccc(N2CCC(C)CC2)nc1. The van der Waals surface area contributed by atoms with Gasteiger partial charge in [-0.25, -0.2) is 4.98 Å². The Kier molecular flexibility index (Phi) is 7.30. The molecule has 2 amide bonds. The number of aromatic nitrogens is 1. The van der Waals surface area contributed by atoms with Gasteiger partial charge in [-0.15, -0.1) is 11.3 Å². The Morgan fingerprint density at radius 1 is 1.15 bits per heavy atom. The topological polar surface area (TPSA) is 74.3 Å². The predicted molar refractivity (Wildman–Crippen MR) is 134 cm³/mol. The summed E-state index contributed by atoms with van der Waals surface area (Å²) < 4.78 is 0. The van der Waals surface area contributed by atoms with Crippen LogP contribution in [0.2, 0.25) is 5.02 Å². The number of pyridine rings is 1. The molecule has 0 bridgehead atoms. The molecule has 3 heterocycles. The molecule has 0 aliphatic carbocycles. The lowest BCUT2D eigenvalue weighted by atomic mass is 9.99. The molecule has 2 N–H and O–H groups in total. The summed E-state index contributed by atoms with van der Waals surface area (Å²) in [6, 6.07) is 12.7. The minimum atomic E-state index is -0.303. The second kappa shape index (κ2) is 10.4. The standard InChI is InChI=1S/C25H27ClN4O2S/c1-16-9-11-30(12-10-16)21-8-7-18(14-27-21)15-28-25(32)23-17(2)13-22(33-23)29-24(31)19-5-3-4-6-20(19)26/h3-8,13-14,16H,9-12,15H2,1-2H3,(H,28,32)(H,29,31). The number of amides is 2. The zero-order chi connectivity index (χ0) is 23.4. The molecule has 1 saturated heterocycles. The van der Waals surface area contributed by atoms with Crippen LogP contribution < -0.4 is 15.5 Å². The summed E-state index contributed by atoms with van der Waals surface area (Å²) in [5.41, 5.74) is 2.14. The second-order valence-corrected chi connectivity index (χ2v) is 9.89. The van der Waals surface area contributed by atoms with Crippen LogP contribution in [0.15, 0.2) is 48.7 Å². The van der Waals surface area contributed by atoms with Crippen molar-refractivity contribution in [2.75, 3.05) is 23.3 Å². The summed E-state index contributed by atoms with van der Waals surface area (Å²) in [5, 5.41) is 6.77. The van der Waals surface area contributed by atoms with Crippen LogP contribution in [0.5, 0.6) is 0 Å². The largest absolute Gasteiger partial charge is 0.357 e. The summed E-state index contributed by atoms with van der Waals surface area (Å²) in [7, 11) is 0. The van der Waals surface area contributed by atoms with Crippen molar-refractivity contribution in [3.8, 4) is 0 Å². The third kappa shape index (κ3) is 5.72. The Hall–Kier alpha value is -2.90. The number of nitrogens with one attached hydrogen (secondary N) is 2. The van der Waals surface area contributed by atoms with Gasteiger partial charge < -0.3 is 15.5 Å². The van der Waals surface area contributed by atoms with E-state index in [1.807, 2.05) is 25.3 Å². The van der Waals surface area contributed by atoms with Gasteiger partial charge in [0.25, 0.3) is 11.8 Å². The zero-order valence-corrected chi connectivity index (χ0v) is 20.3. The van der Waals surface area contributed by atoms with Crippen molar-refractivity contribution in [1.29, 1.82) is 0 Å². The quantitative estimate of drug-likeness (QED) is 0.485. The van der Waals surface area contributed by atoms with E-state index in [1.54, 1.807) is 30.3 Å². The van der Waals surface area contributed by atoms with E-state index in [0.717, 1.165) is 36.0 Å². The Labute approximate surface area is 203 Å². The highest BCUT2D eigenvalue weighted by molar-refractivity contribution is 7.18. The van der Waals surface area contributed by atoms with Gasteiger partial charge in [0.2, 0.25) is 0 Å². The summed E-state index contributed by atoms with van der Waals surface area (Å²) in [6.07, 6.45) is 4.21. The molecule has 3 aromatic rings. The van der Waals surface area contributed by atoms with Gasteiger partial charge >= 0.3 is 0 Å². The molecular formula is C25H27ClN4O2S. The van der Waals surface area contributed by atoms with E-state index in [0.29, 0.717) is 27.0 Å². The molecule has 33 heavy (non-hydrogen) atoms. The molecule has 1 aliphatic rings. The number of nitrogens with zero attached hydrogens (tertiary/aromatic N) is 2. The summed E-state index contributed by atoms with van der Waals surface area (Å²) >= 11 is 7.35. The van der Waals surface area contributed by atoms with Crippen LogP contribution >= 0.6 is 22.9 Å². The number of hydrogen-bond donors (Lipinski definition) is 2. The molecule has 0 saturated carbocycles. The number of carbonyl (C=O) groups excluding carboxylic acids is 2. The first-order chi connectivity index (χ1) is 15.9. The first-order valence-corrected chi connectivity index (χ1v) is 12.2. The van der Waals surface area contributed by atoms with Crippen LogP contribution in [0.25, 0.3) is 0 Å². The number of carbonyl (C=O) groups is 2. The lowest BCUT2D eigenvalue weighted by Crippen LogP contribution is -2.33. The summed E-state index contributed by atoms with van der Waals surface area (Å²) in [5.74, 6) is 1.29. The minimum absolute atomic E-state index is 0.176. The van der Waals surface area contributed by atoms with E-state index in [9.17, 15) is 9.59 Å². The van der Waals surface area contributed by atoms with Crippen LogP contribution in [0, 0.1) is 12.8 Å². The first-order valence-electron chi connectivity index (χ1n) is 11.0. The van der Waals surface area contributed by atoms with Crippen LogP contribution in [0.1, 0.15) is 50.9 Å². The highest BCUT2D eigenvalue weighted by Gasteiger charge is 2.18. The highest BCUT2D eigenvalue weighted by Crippen LogP contribution is 2.28. The van der Waals surface area contributed by atoms with Gasteiger partial charge in [-0.2, -0.15) is 0 Å². The molecule has 0 radical (unpaired) electrons. The zero-order valence-electron chi connectivity index (χ0n) is 18.7. The second-order valence-electron chi connectivity index (χ2n) is 8.43. The molecule has 1 aromatic carbocycles. The Morgan fingerprint density at radius 2 is 1.91 bits per heavy atom. The highest BCUT2D eigenvalue weighted by atomic mass is 35.5. The number of anilines is 2. The third-order valence-electron chi connectivity index (χ3n) is 5.85. The van der Waals surface area contributed by atoms with E-state index >= 15 is 0 Å². The molecule has 2 aromatic heterocycles. The molecule has 6 nitrogen and oxygen atoms in total. The molecule has 0 atom stereocenters. The fourth-order valence-electron chi connectivity index (χ4n) is 3.80. The molecule has 1 aliphatic heterocycles. The van der Waals surface area contributed by atoms with E-state index < -0.39 is 0 Å². The van der Waals surface area contributed by atoms with E-state index in [4.69, 9.17) is 11.6 Å². The predicted octanol–water partition coefficient (Wildman–Crippen LogP) is 5.52. The minimum Gasteiger partial charge on any atom is -0.357 e. The van der Waals surface area contributed by atoms with Crippen molar-refractivity contribution in [2.24, 2.45) is 5.92 Å². The van der Waals surface area contributed by atoms with E-state index in [-0.39, 0.29) is 11.8 Å². The van der Waals surface area contributed by atoms with Gasteiger partial charge in [-0.05, 0) is 61.1 Å². The lowest BCUT2D eigenvalue weighted by Gasteiger charge is -2.31. The van der Waals surface area contributed by atoms with Crippen molar-refractivity contribution >= 4 is 45.6 Å². The van der Waals surface area contributed by atoms with Crippen molar-refractivity contribution in [1.82, 2.24) is 10.3 Å². The Morgan fingerprint density at radius 3 is 2.61 bits per heavy atom. The maximum Gasteiger partial charge on any atom is 0.261 e. The van der Waals surface area contributed by atoms with Gasteiger partial charge in [0.15, 0.2) is 0 Å². The lowest BCUT2D eigenvalue weighted by molar-refractivity contribution is 0.0953. The number of thiophene rings is 1. The number of hydrogen-bond acceptors (Lipinski definition) is 5. The van der Waals surface area contributed by atoms with Gasteiger partial charge in [0, 0.05) is 25.8 Å². The van der Waals surface area contributed by atoms with E-state index in [1.165, 1.54) is 24.2 Å². The summed E-state index contributed by atoms with van der Waals surface area (Å²) in [6.45, 7) is 6.62. The van der Waals surface area contributed by atoms with Gasteiger partial charge in [0.1, 0.15) is 5.82 Å². The maximum absolute atomic E-state index is 12.7.